The fourth-order valence-corrected chi connectivity index (χ4v) is 2.08. The number of methoxy groups -OCH3 is 1. The second-order valence-electron chi connectivity index (χ2n) is 6.21. The lowest BCUT2D eigenvalue weighted by Crippen LogP contribution is -2.42. The minimum atomic E-state index is -0.115. The maximum Gasteiger partial charge on any atom is 0.251 e. The van der Waals surface area contributed by atoms with Crippen LogP contribution in [0.25, 0.3) is 0 Å². The highest BCUT2D eigenvalue weighted by Crippen LogP contribution is 2.10. The van der Waals surface area contributed by atoms with Crippen LogP contribution < -0.4 is 20.7 Å². The van der Waals surface area contributed by atoms with E-state index < -0.39 is 0 Å². The molecule has 0 bridgehead atoms. The first-order chi connectivity index (χ1) is 12.6. The number of benzene rings is 1. The zero-order chi connectivity index (χ0) is 19.2. The van der Waals surface area contributed by atoms with Gasteiger partial charge < -0.3 is 25.4 Å². The van der Waals surface area contributed by atoms with E-state index in [0.717, 1.165) is 18.8 Å². The van der Waals surface area contributed by atoms with Crippen LogP contribution in [0.5, 0.6) is 5.75 Å². The van der Waals surface area contributed by atoms with Crippen molar-refractivity contribution >= 4 is 35.8 Å². The van der Waals surface area contributed by atoms with Gasteiger partial charge in [-0.05, 0) is 36.6 Å². The minimum absolute atomic E-state index is 0. The average molecular weight is 492 g/mol. The van der Waals surface area contributed by atoms with Crippen LogP contribution in [-0.2, 0) is 4.74 Å². The van der Waals surface area contributed by atoms with E-state index in [1.54, 1.807) is 38.4 Å². The Morgan fingerprint density at radius 3 is 2.26 bits per heavy atom. The van der Waals surface area contributed by atoms with Crippen molar-refractivity contribution in [2.24, 2.45) is 10.9 Å². The molecule has 1 aromatic rings. The standard InChI is InChI=1S/C19H32N4O3.HI/c1-15(2)9-13-26-14-12-23-19(20-3)22-11-10-21-18(24)16-5-7-17(25-4)8-6-16;/h5-8,15H,9-14H2,1-4H3,(H,21,24)(H2,20,22,23);1H. The SMILES string of the molecule is CN=C(NCCNC(=O)c1ccc(OC)cc1)NCCOCCC(C)C.I. The summed E-state index contributed by atoms with van der Waals surface area (Å²) in [4.78, 5) is 16.2. The molecule has 1 amide bonds. The number of amides is 1. The van der Waals surface area contributed by atoms with Gasteiger partial charge in [0.2, 0.25) is 0 Å². The largest absolute Gasteiger partial charge is 0.497 e. The molecule has 3 N–H and O–H groups in total. The fraction of sp³-hybridized carbons (Fsp3) is 0.579. The van der Waals surface area contributed by atoms with Crippen LogP contribution in [-0.4, -0.2) is 58.9 Å². The fourth-order valence-electron chi connectivity index (χ4n) is 2.08. The van der Waals surface area contributed by atoms with Crippen LogP contribution in [0, 0.1) is 5.92 Å². The first-order valence-electron chi connectivity index (χ1n) is 9.01. The molecule has 0 aliphatic heterocycles. The summed E-state index contributed by atoms with van der Waals surface area (Å²) >= 11 is 0. The lowest BCUT2D eigenvalue weighted by atomic mass is 10.1. The van der Waals surface area contributed by atoms with Crippen molar-refractivity contribution in [3.05, 3.63) is 29.8 Å². The predicted molar refractivity (Wildman–Crippen MR) is 120 cm³/mol. The van der Waals surface area contributed by atoms with Gasteiger partial charge in [-0.1, -0.05) is 13.8 Å². The van der Waals surface area contributed by atoms with Crippen molar-refractivity contribution in [1.29, 1.82) is 0 Å². The van der Waals surface area contributed by atoms with Crippen LogP contribution >= 0.6 is 24.0 Å². The van der Waals surface area contributed by atoms with Crippen LogP contribution in [0.2, 0.25) is 0 Å². The molecule has 8 heteroatoms. The zero-order valence-electron chi connectivity index (χ0n) is 16.7. The highest BCUT2D eigenvalue weighted by atomic mass is 127. The molecule has 0 aromatic heterocycles. The molecule has 27 heavy (non-hydrogen) atoms. The minimum Gasteiger partial charge on any atom is -0.497 e. The number of aliphatic imine (C=N–C) groups is 1. The number of halogens is 1. The third-order valence-electron chi connectivity index (χ3n) is 3.66. The smallest absolute Gasteiger partial charge is 0.251 e. The number of carbonyl (C=O) groups excluding carboxylic acids is 1. The van der Waals surface area contributed by atoms with E-state index in [4.69, 9.17) is 9.47 Å². The molecule has 0 spiro atoms. The molecule has 0 heterocycles. The van der Waals surface area contributed by atoms with Crippen molar-refractivity contribution in [1.82, 2.24) is 16.0 Å². The Balaban J connectivity index is 0.00000676. The van der Waals surface area contributed by atoms with Crippen molar-refractivity contribution in [2.45, 2.75) is 20.3 Å². The molecule has 0 aliphatic carbocycles. The van der Waals surface area contributed by atoms with E-state index >= 15 is 0 Å². The van der Waals surface area contributed by atoms with E-state index in [9.17, 15) is 4.79 Å². The summed E-state index contributed by atoms with van der Waals surface area (Å²) in [5.41, 5.74) is 0.604. The van der Waals surface area contributed by atoms with E-state index in [2.05, 4.69) is 34.8 Å². The molecule has 0 unspecified atom stereocenters. The quantitative estimate of drug-likeness (QED) is 0.191. The van der Waals surface area contributed by atoms with Gasteiger partial charge in [-0.2, -0.15) is 0 Å². The average Bonchev–Trinajstić information content (AvgIpc) is 2.65. The highest BCUT2D eigenvalue weighted by molar-refractivity contribution is 14.0. The molecule has 0 saturated heterocycles. The van der Waals surface area contributed by atoms with E-state index in [0.29, 0.717) is 43.7 Å². The monoisotopic (exact) mass is 492 g/mol. The van der Waals surface area contributed by atoms with Gasteiger partial charge in [-0.15, -0.1) is 24.0 Å². The van der Waals surface area contributed by atoms with Gasteiger partial charge in [-0.3, -0.25) is 9.79 Å². The van der Waals surface area contributed by atoms with E-state index in [-0.39, 0.29) is 29.9 Å². The maximum atomic E-state index is 12.0. The van der Waals surface area contributed by atoms with Crippen LogP contribution in [0.3, 0.4) is 0 Å². The number of hydrogen-bond acceptors (Lipinski definition) is 4. The third kappa shape index (κ3) is 11.7. The van der Waals surface area contributed by atoms with Crippen molar-refractivity contribution < 1.29 is 14.3 Å². The lowest BCUT2D eigenvalue weighted by molar-refractivity contribution is 0.0954. The molecule has 0 aliphatic rings. The molecule has 0 atom stereocenters. The van der Waals surface area contributed by atoms with Gasteiger partial charge in [-0.25, -0.2) is 0 Å². The molecule has 1 aromatic carbocycles. The molecular formula is C19H33IN4O3. The maximum absolute atomic E-state index is 12.0. The van der Waals surface area contributed by atoms with Gasteiger partial charge in [0.1, 0.15) is 5.75 Å². The normalized spacial score (nSPS) is 10.9. The Kier molecular flexibility index (Phi) is 14.6. The zero-order valence-corrected chi connectivity index (χ0v) is 19.0. The van der Waals surface area contributed by atoms with Gasteiger partial charge in [0.05, 0.1) is 13.7 Å². The van der Waals surface area contributed by atoms with Crippen LogP contribution in [0.1, 0.15) is 30.6 Å². The summed E-state index contributed by atoms with van der Waals surface area (Å²) in [5.74, 6) is 1.96. The number of ether oxygens (including phenoxy) is 2. The Hall–Kier alpha value is -1.55. The summed E-state index contributed by atoms with van der Waals surface area (Å²) < 4.78 is 10.6. The second kappa shape index (κ2) is 15.5. The highest BCUT2D eigenvalue weighted by Gasteiger charge is 2.05. The molecule has 154 valence electrons. The van der Waals surface area contributed by atoms with E-state index in [1.165, 1.54) is 0 Å². The van der Waals surface area contributed by atoms with Crippen molar-refractivity contribution in [2.75, 3.05) is 47.0 Å². The molecule has 0 fully saturated rings. The van der Waals surface area contributed by atoms with Crippen molar-refractivity contribution in [3.8, 4) is 5.75 Å². The van der Waals surface area contributed by atoms with Gasteiger partial charge >= 0.3 is 0 Å². The molecule has 1 rings (SSSR count). The Bertz CT molecular complexity index is 550. The second-order valence-corrected chi connectivity index (χ2v) is 6.21. The first-order valence-corrected chi connectivity index (χ1v) is 9.01. The number of carbonyl (C=O) groups is 1. The number of hydrogen-bond donors (Lipinski definition) is 3. The summed E-state index contributed by atoms with van der Waals surface area (Å²) in [6.45, 7) is 7.55. The topological polar surface area (TPSA) is 84.0 Å². The third-order valence-corrected chi connectivity index (χ3v) is 3.66. The molecule has 0 radical (unpaired) electrons. The predicted octanol–water partition coefficient (Wildman–Crippen LogP) is 2.27. The number of nitrogens with zero attached hydrogens (tertiary/aromatic N) is 1. The number of guanidine groups is 1. The molecule has 7 nitrogen and oxygen atoms in total. The summed E-state index contributed by atoms with van der Waals surface area (Å²) in [7, 11) is 3.31. The molecular weight excluding hydrogens is 459 g/mol. The van der Waals surface area contributed by atoms with Crippen LogP contribution in [0.4, 0.5) is 0 Å². The Morgan fingerprint density at radius 2 is 1.67 bits per heavy atom. The van der Waals surface area contributed by atoms with Gasteiger partial charge in [0.25, 0.3) is 5.91 Å². The lowest BCUT2D eigenvalue weighted by Gasteiger charge is -2.13. The number of rotatable bonds is 11. The Labute approximate surface area is 179 Å². The van der Waals surface area contributed by atoms with E-state index in [1.807, 2.05) is 0 Å². The summed E-state index contributed by atoms with van der Waals surface area (Å²) in [6, 6.07) is 7.01. The molecule has 0 saturated carbocycles. The first kappa shape index (κ1) is 25.4. The van der Waals surface area contributed by atoms with Gasteiger partial charge in [0.15, 0.2) is 5.96 Å². The van der Waals surface area contributed by atoms with Gasteiger partial charge in [0, 0.05) is 38.9 Å². The van der Waals surface area contributed by atoms with Crippen molar-refractivity contribution in [3.63, 3.8) is 0 Å². The number of nitrogens with one attached hydrogen (secondary N) is 3. The summed E-state index contributed by atoms with van der Waals surface area (Å²) in [5, 5.41) is 9.19. The van der Waals surface area contributed by atoms with Crippen LogP contribution in [0.15, 0.2) is 29.3 Å². The Morgan fingerprint density at radius 1 is 1.04 bits per heavy atom. The summed E-state index contributed by atoms with van der Waals surface area (Å²) in [6.07, 6.45) is 1.07.